The van der Waals surface area contributed by atoms with E-state index in [0.29, 0.717) is 29.1 Å². The molecule has 1 heterocycles. The van der Waals surface area contributed by atoms with Crippen LogP contribution in [0.15, 0.2) is 72.8 Å². The molecule has 278 valence electrons. The highest BCUT2D eigenvalue weighted by atomic mass is 35.5. The molecule has 0 spiro atoms. The van der Waals surface area contributed by atoms with Gasteiger partial charge < -0.3 is 31.1 Å². The third-order valence-electron chi connectivity index (χ3n) is 7.99. The van der Waals surface area contributed by atoms with E-state index in [4.69, 9.17) is 16.3 Å². The molecular formula is C35H32ClF4N7O6. The molecule has 5 N–H and O–H groups in total. The summed E-state index contributed by atoms with van der Waals surface area (Å²) in [4.78, 5) is 61.3. The summed E-state index contributed by atoms with van der Waals surface area (Å²) in [6.07, 6.45) is -3.53. The third-order valence-corrected chi connectivity index (χ3v) is 8.24. The molecular weight excluding hydrogens is 726 g/mol. The number of carbonyl (C=O) groups is 4. The average molecular weight is 758 g/mol. The molecule has 5 rings (SSSR count). The molecule has 13 nitrogen and oxygen atoms in total. The molecule has 53 heavy (non-hydrogen) atoms. The summed E-state index contributed by atoms with van der Waals surface area (Å²) < 4.78 is 56.9. The van der Waals surface area contributed by atoms with Gasteiger partial charge in [-0.2, -0.15) is 28.1 Å². The molecule has 0 radical (unpaired) electrons. The number of ketones is 1. The number of halogens is 5. The third kappa shape index (κ3) is 11.3. The average Bonchev–Trinajstić information content (AvgIpc) is 3.89. The van der Waals surface area contributed by atoms with Crippen molar-refractivity contribution in [2.24, 2.45) is 0 Å². The molecule has 0 aliphatic heterocycles. The van der Waals surface area contributed by atoms with E-state index in [1.165, 1.54) is 42.5 Å². The predicted octanol–water partition coefficient (Wildman–Crippen LogP) is 5.34. The molecule has 3 aromatic carbocycles. The van der Waals surface area contributed by atoms with Gasteiger partial charge in [0, 0.05) is 29.2 Å². The summed E-state index contributed by atoms with van der Waals surface area (Å²) in [5, 5.41) is 20.8. The monoisotopic (exact) mass is 757 g/mol. The Morgan fingerprint density at radius 1 is 0.943 bits per heavy atom. The number of nitrogens with one attached hydrogen (secondary N) is 4. The van der Waals surface area contributed by atoms with Crippen molar-refractivity contribution in [1.82, 2.24) is 25.6 Å². The number of alkyl halides is 3. The Kier molecular flexibility index (Phi) is 12.1. The minimum absolute atomic E-state index is 0.0488. The number of hydrogen-bond donors (Lipinski definition) is 5. The number of anilines is 3. The van der Waals surface area contributed by atoms with E-state index in [9.17, 15) is 41.8 Å². The Labute approximate surface area is 304 Å². The van der Waals surface area contributed by atoms with Crippen molar-refractivity contribution in [2.75, 3.05) is 23.8 Å². The number of carboxylic acids is 1. The molecule has 1 atom stereocenters. The number of aliphatic carboxylic acids is 1. The van der Waals surface area contributed by atoms with Crippen LogP contribution in [-0.4, -0.2) is 69.0 Å². The van der Waals surface area contributed by atoms with Gasteiger partial charge in [0.15, 0.2) is 6.61 Å². The summed E-state index contributed by atoms with van der Waals surface area (Å²) in [5.41, 5.74) is 1.23. The number of aromatic nitrogens is 3. The number of ether oxygens (including phenoxy) is 1. The number of amides is 2. The van der Waals surface area contributed by atoms with Crippen LogP contribution in [-0.2, 0) is 26.3 Å². The summed E-state index contributed by atoms with van der Waals surface area (Å²) in [5.74, 6) is -4.52. The Balaban J connectivity index is 1.17. The fourth-order valence-corrected chi connectivity index (χ4v) is 5.22. The van der Waals surface area contributed by atoms with Crippen LogP contribution in [0.3, 0.4) is 0 Å². The van der Waals surface area contributed by atoms with Gasteiger partial charge in [-0.05, 0) is 85.3 Å². The molecule has 1 saturated carbocycles. The number of hydrogen-bond acceptors (Lipinski definition) is 10. The van der Waals surface area contributed by atoms with Crippen molar-refractivity contribution < 1.29 is 46.6 Å². The largest absolute Gasteiger partial charge is 0.480 e. The van der Waals surface area contributed by atoms with E-state index in [1.54, 1.807) is 18.2 Å². The highest BCUT2D eigenvalue weighted by Crippen LogP contribution is 2.48. The lowest BCUT2D eigenvalue weighted by molar-refractivity contribution is -0.154. The van der Waals surface area contributed by atoms with Crippen LogP contribution in [0.25, 0.3) is 0 Å². The van der Waals surface area contributed by atoms with Crippen LogP contribution in [0, 0.1) is 5.82 Å². The zero-order chi connectivity index (χ0) is 38.2. The van der Waals surface area contributed by atoms with Crippen LogP contribution in [0.5, 0.6) is 6.01 Å². The van der Waals surface area contributed by atoms with Crippen LogP contribution >= 0.6 is 11.6 Å². The van der Waals surface area contributed by atoms with E-state index in [1.807, 2.05) is 12.1 Å². The normalized spacial score (nSPS) is 13.7. The van der Waals surface area contributed by atoms with Crippen molar-refractivity contribution in [2.45, 2.75) is 49.9 Å². The lowest BCUT2D eigenvalue weighted by Crippen LogP contribution is -2.43. The predicted molar refractivity (Wildman–Crippen MR) is 183 cm³/mol. The quantitative estimate of drug-likeness (QED) is 0.0692. The van der Waals surface area contributed by atoms with Gasteiger partial charge in [-0.3, -0.25) is 14.4 Å². The first-order valence-electron chi connectivity index (χ1n) is 16.1. The number of nitrogens with zero attached hydrogens (tertiary/aromatic N) is 3. The highest BCUT2D eigenvalue weighted by Gasteiger charge is 2.45. The van der Waals surface area contributed by atoms with Crippen molar-refractivity contribution in [3.05, 3.63) is 100 Å². The molecule has 0 unspecified atom stereocenters. The van der Waals surface area contributed by atoms with E-state index in [0.717, 1.165) is 5.56 Å². The highest BCUT2D eigenvalue weighted by molar-refractivity contribution is 6.36. The second-order valence-corrected chi connectivity index (χ2v) is 12.5. The maximum Gasteiger partial charge on any atom is 0.422 e. The topological polar surface area (TPSA) is 185 Å². The van der Waals surface area contributed by atoms with Crippen LogP contribution in [0.4, 0.5) is 35.1 Å². The summed E-state index contributed by atoms with van der Waals surface area (Å²) >= 11 is 6.01. The van der Waals surface area contributed by atoms with E-state index in [2.05, 4.69) is 36.2 Å². The van der Waals surface area contributed by atoms with Gasteiger partial charge in [0.1, 0.15) is 11.9 Å². The summed E-state index contributed by atoms with van der Waals surface area (Å²) in [7, 11) is 0. The minimum Gasteiger partial charge on any atom is -0.480 e. The van der Waals surface area contributed by atoms with Crippen LogP contribution in [0.1, 0.15) is 47.2 Å². The maximum absolute atomic E-state index is 13.3. The number of carboxylic acid groups (broad SMARTS) is 1. The van der Waals surface area contributed by atoms with E-state index >= 15 is 0 Å². The minimum atomic E-state index is -4.65. The number of Topliss-reactive ketones (excluding diaryl/α,β-unsaturated/α-hetero) is 1. The van der Waals surface area contributed by atoms with Crippen molar-refractivity contribution >= 4 is 52.8 Å². The lowest BCUT2D eigenvalue weighted by atomic mass is 10.1. The van der Waals surface area contributed by atoms with Crippen molar-refractivity contribution in [3.63, 3.8) is 0 Å². The number of benzene rings is 3. The molecule has 1 aliphatic carbocycles. The van der Waals surface area contributed by atoms with Crippen molar-refractivity contribution in [1.29, 1.82) is 0 Å². The second kappa shape index (κ2) is 16.7. The fourth-order valence-electron chi connectivity index (χ4n) is 5.10. The Morgan fingerprint density at radius 2 is 1.64 bits per heavy atom. The fraction of sp³-hybridized carbons (Fsp3) is 0.286. The first kappa shape index (κ1) is 38.4. The summed E-state index contributed by atoms with van der Waals surface area (Å²) in [6.45, 7) is -1.87. The van der Waals surface area contributed by atoms with Gasteiger partial charge in [0.2, 0.25) is 17.7 Å². The maximum atomic E-state index is 13.3. The van der Waals surface area contributed by atoms with Gasteiger partial charge in [-0.15, -0.1) is 0 Å². The molecule has 2 amide bonds. The van der Waals surface area contributed by atoms with E-state index in [-0.39, 0.29) is 43.3 Å². The smallest absolute Gasteiger partial charge is 0.422 e. The molecule has 1 aliphatic rings. The SMILES string of the molecule is O=C(CCc1cccc(F)c1)C(=O)NCC[C@H](NC(=O)c1ccc(Nc2nc(NC3(c4ccc(Cl)cc4)CC3)nc(OCC(F)(F)F)n2)cc1)C(=O)O. The lowest BCUT2D eigenvalue weighted by Gasteiger charge is -2.19. The molecule has 18 heteroatoms. The Bertz CT molecular complexity index is 1960. The standard InChI is InChI=1S/C35H32ClF4N7O6/c36-23-9-7-22(8-10-23)34(15-16-34)47-32-44-31(45-33(46-32)53-19-35(38,39)40)42-25-11-5-21(6-12-25)28(49)43-26(30(51)52)14-17-41-29(50)27(48)13-4-20-2-1-3-24(37)18-20/h1-3,5-12,18,26H,4,13-17,19H2,(H,41,50)(H,43,49)(H,51,52)(H2,42,44,45,46,47)/t26-/m0/s1. The molecule has 0 bridgehead atoms. The van der Waals surface area contributed by atoms with Crippen molar-refractivity contribution in [3.8, 4) is 6.01 Å². The van der Waals surface area contributed by atoms with Gasteiger partial charge in [-0.1, -0.05) is 35.9 Å². The molecule has 1 aromatic heterocycles. The second-order valence-electron chi connectivity index (χ2n) is 12.0. The van der Waals surface area contributed by atoms with Gasteiger partial charge in [0.25, 0.3) is 11.8 Å². The zero-order valence-corrected chi connectivity index (χ0v) is 28.4. The Hall–Kier alpha value is -5.84. The number of aryl methyl sites for hydroxylation is 1. The Morgan fingerprint density at radius 3 is 2.28 bits per heavy atom. The molecule has 0 saturated heterocycles. The van der Waals surface area contributed by atoms with Crippen LogP contribution < -0.4 is 26.0 Å². The van der Waals surface area contributed by atoms with Gasteiger partial charge >= 0.3 is 18.2 Å². The number of rotatable bonds is 17. The van der Waals surface area contributed by atoms with Crippen LogP contribution in [0.2, 0.25) is 5.02 Å². The van der Waals surface area contributed by atoms with Gasteiger partial charge in [-0.25, -0.2) is 9.18 Å². The molecule has 1 fully saturated rings. The first-order valence-corrected chi connectivity index (χ1v) is 16.5. The molecule has 4 aromatic rings. The van der Waals surface area contributed by atoms with Gasteiger partial charge in [0.05, 0.1) is 5.54 Å². The van der Waals surface area contributed by atoms with E-state index < -0.39 is 59.8 Å². The summed E-state index contributed by atoms with van der Waals surface area (Å²) in [6, 6.07) is 16.3. The first-order chi connectivity index (χ1) is 25.2. The zero-order valence-electron chi connectivity index (χ0n) is 27.7. The number of carbonyl (C=O) groups excluding carboxylic acids is 3.